The molecule has 0 radical (unpaired) electrons. The maximum absolute atomic E-state index is 11.6. The van der Waals surface area contributed by atoms with Gasteiger partial charge in [0.25, 0.3) is 0 Å². The van der Waals surface area contributed by atoms with Gasteiger partial charge in [0, 0.05) is 12.1 Å². The first-order chi connectivity index (χ1) is 9.68. The van der Waals surface area contributed by atoms with E-state index in [9.17, 15) is 4.79 Å². The van der Waals surface area contributed by atoms with Gasteiger partial charge in [-0.25, -0.2) is 0 Å². The van der Waals surface area contributed by atoms with Gasteiger partial charge in [-0.15, -0.1) is 0 Å². The summed E-state index contributed by atoms with van der Waals surface area (Å²) in [7, 11) is -0.409. The molecule has 1 fully saturated rings. The van der Waals surface area contributed by atoms with E-state index in [-0.39, 0.29) is 17.1 Å². The van der Waals surface area contributed by atoms with Crippen LogP contribution in [0.25, 0.3) is 0 Å². The van der Waals surface area contributed by atoms with Gasteiger partial charge in [-0.1, -0.05) is 19.1 Å². The van der Waals surface area contributed by atoms with Gasteiger partial charge in [0.2, 0.25) is 5.91 Å². The molecule has 1 saturated heterocycles. The molecule has 1 aliphatic rings. The van der Waals surface area contributed by atoms with Gasteiger partial charge in [-0.05, 0) is 51.7 Å². The van der Waals surface area contributed by atoms with Crippen LogP contribution in [0.2, 0.25) is 0 Å². The summed E-state index contributed by atoms with van der Waals surface area (Å²) in [6.45, 7) is 11.9. The van der Waals surface area contributed by atoms with Crippen molar-refractivity contribution >= 4 is 24.2 Å². The normalized spacial score (nSPS) is 19.6. The van der Waals surface area contributed by atoms with Crippen molar-refractivity contribution in [3.05, 3.63) is 23.8 Å². The van der Waals surface area contributed by atoms with Crippen molar-refractivity contribution in [2.75, 3.05) is 5.32 Å². The lowest BCUT2D eigenvalue weighted by Gasteiger charge is -2.32. The van der Waals surface area contributed by atoms with Gasteiger partial charge in [0.15, 0.2) is 0 Å². The molecule has 0 unspecified atom stereocenters. The number of hydrogen-bond acceptors (Lipinski definition) is 3. The predicted molar refractivity (Wildman–Crippen MR) is 85.8 cm³/mol. The third kappa shape index (κ3) is 2.99. The average Bonchev–Trinajstić information content (AvgIpc) is 2.60. The number of amides is 1. The first kappa shape index (κ1) is 16.1. The molecule has 1 N–H and O–H groups in total. The standard InChI is InChI=1S/C16H24BNO3/c1-7-14(19)18-13-10-8-9-12(11(13)2)17-20-15(3,4)16(5,6)21-17/h8-10H,7H2,1-6H3,(H,18,19). The molecule has 4 nitrogen and oxygen atoms in total. The monoisotopic (exact) mass is 289 g/mol. The number of carbonyl (C=O) groups is 1. The Morgan fingerprint density at radius 3 is 2.29 bits per heavy atom. The molecule has 0 aromatic heterocycles. The summed E-state index contributed by atoms with van der Waals surface area (Å²) in [5.41, 5.74) is 2.02. The van der Waals surface area contributed by atoms with Gasteiger partial charge in [0.05, 0.1) is 11.2 Å². The zero-order chi connectivity index (χ0) is 15.8. The SMILES string of the molecule is CCC(=O)Nc1cccc(B2OC(C)(C)C(C)(C)O2)c1C. The summed E-state index contributed by atoms with van der Waals surface area (Å²) in [4.78, 5) is 11.6. The van der Waals surface area contributed by atoms with E-state index in [2.05, 4.69) is 5.32 Å². The highest BCUT2D eigenvalue weighted by molar-refractivity contribution is 6.62. The predicted octanol–water partition coefficient (Wildman–Crippen LogP) is 2.64. The van der Waals surface area contributed by atoms with E-state index in [1.54, 1.807) is 0 Å². The third-order valence-corrected chi connectivity index (χ3v) is 4.48. The molecule has 0 aliphatic carbocycles. The van der Waals surface area contributed by atoms with Crippen LogP contribution in [0.5, 0.6) is 0 Å². The molecule has 114 valence electrons. The Hall–Kier alpha value is -1.33. The summed E-state index contributed by atoms with van der Waals surface area (Å²) in [6, 6.07) is 5.80. The number of carbonyl (C=O) groups excluding carboxylic acids is 1. The first-order valence-corrected chi connectivity index (χ1v) is 7.43. The second-order valence-electron chi connectivity index (χ2n) is 6.51. The molecule has 1 heterocycles. The average molecular weight is 289 g/mol. The van der Waals surface area contributed by atoms with E-state index < -0.39 is 7.12 Å². The Bertz CT molecular complexity index is 538. The minimum absolute atomic E-state index is 0.00386. The van der Waals surface area contributed by atoms with Gasteiger partial charge >= 0.3 is 7.12 Å². The highest BCUT2D eigenvalue weighted by Gasteiger charge is 2.52. The minimum atomic E-state index is -0.409. The van der Waals surface area contributed by atoms with Crippen molar-refractivity contribution in [2.24, 2.45) is 0 Å². The van der Waals surface area contributed by atoms with Crippen LogP contribution in [0.15, 0.2) is 18.2 Å². The number of anilines is 1. The smallest absolute Gasteiger partial charge is 0.399 e. The van der Waals surface area contributed by atoms with Crippen LogP contribution < -0.4 is 10.8 Å². The van der Waals surface area contributed by atoms with E-state index in [0.717, 1.165) is 16.7 Å². The van der Waals surface area contributed by atoms with E-state index in [1.807, 2.05) is 59.7 Å². The molecular weight excluding hydrogens is 265 g/mol. The summed E-state index contributed by atoms with van der Waals surface area (Å²) in [5, 5.41) is 2.92. The number of nitrogens with one attached hydrogen (secondary N) is 1. The van der Waals surface area contributed by atoms with Crippen molar-refractivity contribution in [2.45, 2.75) is 59.2 Å². The fraction of sp³-hybridized carbons (Fsp3) is 0.562. The Morgan fingerprint density at radius 2 is 1.76 bits per heavy atom. The lowest BCUT2D eigenvalue weighted by Crippen LogP contribution is -2.41. The van der Waals surface area contributed by atoms with E-state index in [4.69, 9.17) is 9.31 Å². The molecule has 0 spiro atoms. The molecule has 0 bridgehead atoms. The molecule has 0 atom stereocenters. The van der Waals surface area contributed by atoms with Gasteiger partial charge in [0.1, 0.15) is 0 Å². The summed E-state index contributed by atoms with van der Waals surface area (Å²) in [5.74, 6) is 0.00386. The fourth-order valence-corrected chi connectivity index (χ4v) is 2.25. The molecule has 2 rings (SSSR count). The Balaban J connectivity index is 2.30. The third-order valence-electron chi connectivity index (χ3n) is 4.48. The molecular formula is C16H24BNO3. The van der Waals surface area contributed by atoms with Crippen LogP contribution in [0, 0.1) is 6.92 Å². The quantitative estimate of drug-likeness (QED) is 0.870. The van der Waals surface area contributed by atoms with Crippen molar-refractivity contribution in [3.63, 3.8) is 0 Å². The summed E-state index contributed by atoms with van der Waals surface area (Å²) >= 11 is 0. The molecule has 1 aromatic carbocycles. The van der Waals surface area contributed by atoms with E-state index >= 15 is 0 Å². The molecule has 1 aromatic rings. The van der Waals surface area contributed by atoms with Crippen LogP contribution in [0.1, 0.15) is 46.6 Å². The second-order valence-corrected chi connectivity index (χ2v) is 6.51. The van der Waals surface area contributed by atoms with Crippen LogP contribution >= 0.6 is 0 Å². The van der Waals surface area contributed by atoms with Gasteiger partial charge < -0.3 is 14.6 Å². The first-order valence-electron chi connectivity index (χ1n) is 7.43. The fourth-order valence-electron chi connectivity index (χ4n) is 2.25. The Labute approximate surface area is 127 Å². The highest BCUT2D eigenvalue weighted by atomic mass is 16.7. The van der Waals surface area contributed by atoms with Crippen LogP contribution in [0.4, 0.5) is 5.69 Å². The second kappa shape index (κ2) is 5.46. The Kier molecular flexibility index (Phi) is 4.18. The lowest BCUT2D eigenvalue weighted by molar-refractivity contribution is -0.115. The van der Waals surface area contributed by atoms with Crippen molar-refractivity contribution < 1.29 is 14.1 Å². The number of hydrogen-bond donors (Lipinski definition) is 1. The zero-order valence-electron chi connectivity index (χ0n) is 13.7. The molecule has 1 amide bonds. The van der Waals surface area contributed by atoms with Crippen molar-refractivity contribution in [3.8, 4) is 0 Å². The largest absolute Gasteiger partial charge is 0.495 e. The number of benzene rings is 1. The van der Waals surface area contributed by atoms with Crippen molar-refractivity contribution in [1.29, 1.82) is 0 Å². The van der Waals surface area contributed by atoms with E-state index in [1.165, 1.54) is 0 Å². The van der Waals surface area contributed by atoms with Crippen molar-refractivity contribution in [1.82, 2.24) is 0 Å². The minimum Gasteiger partial charge on any atom is -0.399 e. The molecule has 5 heteroatoms. The Morgan fingerprint density at radius 1 is 1.19 bits per heavy atom. The van der Waals surface area contributed by atoms with Gasteiger partial charge in [-0.2, -0.15) is 0 Å². The van der Waals surface area contributed by atoms with E-state index in [0.29, 0.717) is 6.42 Å². The maximum Gasteiger partial charge on any atom is 0.495 e. The summed E-state index contributed by atoms with van der Waals surface area (Å²) in [6.07, 6.45) is 0.458. The topological polar surface area (TPSA) is 47.6 Å². The highest BCUT2D eigenvalue weighted by Crippen LogP contribution is 2.36. The van der Waals surface area contributed by atoms with Crippen LogP contribution in [0.3, 0.4) is 0 Å². The summed E-state index contributed by atoms with van der Waals surface area (Å²) < 4.78 is 12.2. The maximum atomic E-state index is 11.6. The molecule has 1 aliphatic heterocycles. The number of rotatable bonds is 3. The molecule has 0 saturated carbocycles. The zero-order valence-corrected chi connectivity index (χ0v) is 13.7. The molecule has 21 heavy (non-hydrogen) atoms. The van der Waals surface area contributed by atoms with Crippen LogP contribution in [-0.2, 0) is 14.1 Å². The van der Waals surface area contributed by atoms with Gasteiger partial charge in [-0.3, -0.25) is 4.79 Å². The van der Waals surface area contributed by atoms with Crippen LogP contribution in [-0.4, -0.2) is 24.2 Å². The lowest BCUT2D eigenvalue weighted by atomic mass is 9.76.